The highest BCUT2D eigenvalue weighted by Crippen LogP contribution is 2.33. The lowest BCUT2D eigenvalue weighted by Gasteiger charge is -2.32. The van der Waals surface area contributed by atoms with Gasteiger partial charge in [0, 0.05) is 31.9 Å². The fourth-order valence-electron chi connectivity index (χ4n) is 2.34. The summed E-state index contributed by atoms with van der Waals surface area (Å²) < 4.78 is 39.0. The molecule has 7 heteroatoms. The highest BCUT2D eigenvalue weighted by molar-refractivity contribution is 5.79. The number of carbonyl (C=O) groups excluding carboxylic acids is 1. The molecule has 2 rings (SSSR count). The summed E-state index contributed by atoms with van der Waals surface area (Å²) in [6.07, 6.45) is -4.76. The number of halogens is 3. The number of amides is 1. The molecule has 2 N–H and O–H groups in total. The van der Waals surface area contributed by atoms with Crippen molar-refractivity contribution in [3.63, 3.8) is 0 Å². The number of anilines is 1. The molecule has 0 aromatic heterocycles. The van der Waals surface area contributed by atoms with Crippen molar-refractivity contribution in [3.8, 4) is 0 Å². The first kappa shape index (κ1) is 15.6. The van der Waals surface area contributed by atoms with Gasteiger partial charge in [0.25, 0.3) is 0 Å². The molecule has 116 valence electrons. The topological polar surface area (TPSA) is 49.6 Å². The van der Waals surface area contributed by atoms with Crippen LogP contribution in [0.15, 0.2) is 18.2 Å². The minimum atomic E-state index is -4.51. The van der Waals surface area contributed by atoms with Crippen LogP contribution in [-0.2, 0) is 17.4 Å². The van der Waals surface area contributed by atoms with Crippen molar-refractivity contribution in [3.05, 3.63) is 29.3 Å². The van der Waals surface area contributed by atoms with Crippen LogP contribution in [-0.4, -0.2) is 48.9 Å². The fraction of sp³-hybridized carbons (Fsp3) is 0.500. The third-order valence-corrected chi connectivity index (χ3v) is 3.64. The quantitative estimate of drug-likeness (QED) is 0.844. The summed E-state index contributed by atoms with van der Waals surface area (Å²) in [4.78, 5) is 15.8. The molecule has 1 aliphatic heterocycles. The summed E-state index contributed by atoms with van der Waals surface area (Å²) in [7, 11) is 1.95. The van der Waals surface area contributed by atoms with E-state index in [1.54, 1.807) is 4.90 Å². The SMILES string of the molecule is CN1CCN(C(=O)Cc2ccc(N)cc2C(F)(F)F)CC1. The number of piperazine rings is 1. The summed E-state index contributed by atoms with van der Waals surface area (Å²) in [6, 6.07) is 3.56. The van der Waals surface area contributed by atoms with Crippen molar-refractivity contribution in [1.82, 2.24) is 9.80 Å². The smallest absolute Gasteiger partial charge is 0.399 e. The third kappa shape index (κ3) is 3.87. The Labute approximate surface area is 121 Å². The second-order valence-electron chi connectivity index (χ2n) is 5.28. The van der Waals surface area contributed by atoms with Gasteiger partial charge in [-0.25, -0.2) is 0 Å². The molecular formula is C14H18F3N3O. The third-order valence-electron chi connectivity index (χ3n) is 3.64. The molecule has 1 fully saturated rings. The van der Waals surface area contributed by atoms with Crippen molar-refractivity contribution < 1.29 is 18.0 Å². The highest BCUT2D eigenvalue weighted by Gasteiger charge is 2.34. The number of likely N-dealkylation sites (N-methyl/N-ethyl adjacent to an activating group) is 1. The summed E-state index contributed by atoms with van der Waals surface area (Å²) in [5, 5.41) is 0. The summed E-state index contributed by atoms with van der Waals surface area (Å²) in [5.41, 5.74) is 4.60. The van der Waals surface area contributed by atoms with Gasteiger partial charge in [-0.3, -0.25) is 4.79 Å². The molecule has 1 saturated heterocycles. The second kappa shape index (κ2) is 5.93. The van der Waals surface area contributed by atoms with Gasteiger partial charge < -0.3 is 15.5 Å². The molecule has 0 spiro atoms. The van der Waals surface area contributed by atoms with Crippen LogP contribution in [0.25, 0.3) is 0 Å². The maximum atomic E-state index is 13.0. The molecule has 1 amide bonds. The van der Waals surface area contributed by atoms with Gasteiger partial charge in [0.2, 0.25) is 5.91 Å². The lowest BCUT2D eigenvalue weighted by Crippen LogP contribution is -2.47. The van der Waals surface area contributed by atoms with E-state index in [9.17, 15) is 18.0 Å². The van der Waals surface area contributed by atoms with E-state index < -0.39 is 11.7 Å². The van der Waals surface area contributed by atoms with E-state index in [2.05, 4.69) is 4.90 Å². The number of hydrogen-bond donors (Lipinski definition) is 1. The molecule has 0 bridgehead atoms. The number of nitrogen functional groups attached to an aromatic ring is 1. The summed E-state index contributed by atoms with van der Waals surface area (Å²) >= 11 is 0. The van der Waals surface area contributed by atoms with Crippen LogP contribution in [0, 0.1) is 0 Å². The molecule has 21 heavy (non-hydrogen) atoms. The minimum absolute atomic E-state index is 0.0272. The van der Waals surface area contributed by atoms with E-state index in [4.69, 9.17) is 5.73 Å². The van der Waals surface area contributed by atoms with Crippen LogP contribution in [0.4, 0.5) is 18.9 Å². The maximum Gasteiger partial charge on any atom is 0.416 e. The maximum absolute atomic E-state index is 13.0. The van der Waals surface area contributed by atoms with Crippen LogP contribution in [0.5, 0.6) is 0 Å². The van der Waals surface area contributed by atoms with Gasteiger partial charge in [-0.05, 0) is 24.7 Å². The van der Waals surface area contributed by atoms with Gasteiger partial charge in [0.1, 0.15) is 0 Å². The standard InChI is InChI=1S/C14H18F3N3O/c1-19-4-6-20(7-5-19)13(21)8-10-2-3-11(18)9-12(10)14(15,16)17/h2-3,9H,4-8,18H2,1H3. The second-order valence-corrected chi connectivity index (χ2v) is 5.28. The molecule has 0 radical (unpaired) electrons. The highest BCUT2D eigenvalue weighted by atomic mass is 19.4. The van der Waals surface area contributed by atoms with E-state index in [1.807, 2.05) is 7.05 Å². The van der Waals surface area contributed by atoms with Crippen molar-refractivity contribution in [1.29, 1.82) is 0 Å². The van der Waals surface area contributed by atoms with Crippen molar-refractivity contribution in [2.75, 3.05) is 39.0 Å². The van der Waals surface area contributed by atoms with Gasteiger partial charge >= 0.3 is 6.18 Å². The predicted molar refractivity (Wildman–Crippen MR) is 73.6 cm³/mol. The van der Waals surface area contributed by atoms with E-state index in [0.29, 0.717) is 13.1 Å². The first-order chi connectivity index (χ1) is 9.77. The van der Waals surface area contributed by atoms with Crippen LogP contribution >= 0.6 is 0 Å². The zero-order chi connectivity index (χ0) is 15.6. The van der Waals surface area contributed by atoms with Crippen molar-refractivity contribution in [2.45, 2.75) is 12.6 Å². The van der Waals surface area contributed by atoms with Gasteiger partial charge in [0.15, 0.2) is 0 Å². The normalized spacial score (nSPS) is 17.0. The molecule has 0 aliphatic carbocycles. The Bertz CT molecular complexity index is 523. The molecule has 1 aliphatic rings. The van der Waals surface area contributed by atoms with Crippen LogP contribution in [0.2, 0.25) is 0 Å². The minimum Gasteiger partial charge on any atom is -0.399 e. The van der Waals surface area contributed by atoms with E-state index in [1.165, 1.54) is 12.1 Å². The van der Waals surface area contributed by atoms with E-state index in [0.717, 1.165) is 19.2 Å². The molecule has 0 atom stereocenters. The van der Waals surface area contributed by atoms with E-state index >= 15 is 0 Å². The number of hydrogen-bond acceptors (Lipinski definition) is 3. The van der Waals surface area contributed by atoms with Gasteiger partial charge in [0.05, 0.1) is 12.0 Å². The number of rotatable bonds is 2. The Morgan fingerprint density at radius 3 is 2.43 bits per heavy atom. The Hall–Kier alpha value is -1.76. The van der Waals surface area contributed by atoms with E-state index in [-0.39, 0.29) is 23.6 Å². The number of nitrogens with zero attached hydrogens (tertiary/aromatic N) is 2. The fourth-order valence-corrected chi connectivity index (χ4v) is 2.34. The molecule has 0 saturated carbocycles. The molecule has 1 aromatic carbocycles. The van der Waals surface area contributed by atoms with Gasteiger partial charge in [-0.2, -0.15) is 13.2 Å². The number of benzene rings is 1. The van der Waals surface area contributed by atoms with Crippen molar-refractivity contribution >= 4 is 11.6 Å². The lowest BCUT2D eigenvalue weighted by molar-refractivity contribution is -0.138. The zero-order valence-corrected chi connectivity index (χ0v) is 11.8. The van der Waals surface area contributed by atoms with Crippen molar-refractivity contribution in [2.24, 2.45) is 0 Å². The van der Waals surface area contributed by atoms with Crippen LogP contribution < -0.4 is 5.73 Å². The largest absolute Gasteiger partial charge is 0.416 e. The molecule has 1 aromatic rings. The average molecular weight is 301 g/mol. The molecule has 0 unspecified atom stereocenters. The van der Waals surface area contributed by atoms with Gasteiger partial charge in [-0.1, -0.05) is 6.07 Å². The first-order valence-corrected chi connectivity index (χ1v) is 6.69. The monoisotopic (exact) mass is 301 g/mol. The summed E-state index contributed by atoms with van der Waals surface area (Å²) in [6.45, 7) is 2.57. The lowest BCUT2D eigenvalue weighted by atomic mass is 10.0. The van der Waals surface area contributed by atoms with Gasteiger partial charge in [-0.15, -0.1) is 0 Å². The first-order valence-electron chi connectivity index (χ1n) is 6.69. The Kier molecular flexibility index (Phi) is 4.41. The summed E-state index contributed by atoms with van der Waals surface area (Å²) in [5.74, 6) is -0.279. The van der Waals surface area contributed by atoms with Crippen LogP contribution in [0.1, 0.15) is 11.1 Å². The average Bonchev–Trinajstić information content (AvgIpc) is 2.40. The Morgan fingerprint density at radius 2 is 1.86 bits per heavy atom. The predicted octanol–water partition coefficient (Wildman–Crippen LogP) is 1.60. The number of alkyl halides is 3. The molecule has 1 heterocycles. The number of carbonyl (C=O) groups is 1. The zero-order valence-electron chi connectivity index (χ0n) is 11.8. The Balaban J connectivity index is 2.14. The van der Waals surface area contributed by atoms with Crippen LogP contribution in [0.3, 0.4) is 0 Å². The molecule has 4 nitrogen and oxygen atoms in total. The Morgan fingerprint density at radius 1 is 1.24 bits per heavy atom. The molecular weight excluding hydrogens is 283 g/mol. The number of nitrogens with two attached hydrogens (primary N) is 1.